The Morgan fingerprint density at radius 2 is 2.31 bits per heavy atom. The molecule has 1 aliphatic carbocycles. The first-order valence-corrected chi connectivity index (χ1v) is 4.94. The number of tetrazole rings is 1. The maximum atomic E-state index is 11.4. The molecule has 16 heavy (non-hydrogen) atoms. The second-order valence-corrected chi connectivity index (χ2v) is 4.00. The molecule has 0 unspecified atom stereocenters. The van der Waals surface area contributed by atoms with Crippen molar-refractivity contribution in [2.75, 3.05) is 6.54 Å². The lowest BCUT2D eigenvalue weighted by atomic mass is 9.78. The molecule has 90 valence electrons. The van der Waals surface area contributed by atoms with Crippen LogP contribution in [0, 0.1) is 0 Å². The second-order valence-electron chi connectivity index (χ2n) is 4.00. The summed E-state index contributed by atoms with van der Waals surface area (Å²) in [6, 6.07) is 0. The molecule has 7 nitrogen and oxygen atoms in total. The highest BCUT2D eigenvalue weighted by Gasteiger charge is 2.32. The van der Waals surface area contributed by atoms with E-state index in [1.807, 2.05) is 0 Å². The summed E-state index contributed by atoms with van der Waals surface area (Å²) in [7, 11) is 0. The van der Waals surface area contributed by atoms with Crippen LogP contribution in [0.4, 0.5) is 0 Å². The number of amides is 1. The summed E-state index contributed by atoms with van der Waals surface area (Å²) < 4.78 is 1.37. The fourth-order valence-corrected chi connectivity index (χ4v) is 1.54. The molecule has 0 spiro atoms. The van der Waals surface area contributed by atoms with E-state index in [0.717, 1.165) is 19.3 Å². The Morgan fingerprint density at radius 1 is 1.56 bits per heavy atom. The molecule has 1 aliphatic rings. The van der Waals surface area contributed by atoms with Crippen molar-refractivity contribution in [3.8, 4) is 0 Å². The molecule has 8 heteroatoms. The van der Waals surface area contributed by atoms with Crippen molar-refractivity contribution in [3.05, 3.63) is 6.33 Å². The highest BCUT2D eigenvalue weighted by Crippen LogP contribution is 2.27. The lowest BCUT2D eigenvalue weighted by Gasteiger charge is -2.38. The number of nitrogens with one attached hydrogen (secondary N) is 1. The predicted octanol–water partition coefficient (Wildman–Crippen LogP) is -0.908. The van der Waals surface area contributed by atoms with Gasteiger partial charge in [0.25, 0.3) is 0 Å². The fraction of sp³-hybridized carbons (Fsp3) is 0.750. The Morgan fingerprint density at radius 3 is 2.81 bits per heavy atom. The van der Waals surface area contributed by atoms with Crippen LogP contribution < -0.4 is 11.1 Å². The zero-order valence-corrected chi connectivity index (χ0v) is 9.61. The molecule has 1 saturated carbocycles. The van der Waals surface area contributed by atoms with Crippen molar-refractivity contribution in [3.63, 3.8) is 0 Å². The van der Waals surface area contributed by atoms with Gasteiger partial charge in [-0.05, 0) is 29.7 Å². The van der Waals surface area contributed by atoms with Crippen LogP contribution in [0.25, 0.3) is 0 Å². The molecule has 0 aliphatic heterocycles. The van der Waals surface area contributed by atoms with Gasteiger partial charge in [-0.2, -0.15) is 0 Å². The Hall–Kier alpha value is -1.21. The van der Waals surface area contributed by atoms with Gasteiger partial charge in [0.1, 0.15) is 12.9 Å². The SMILES string of the molecule is Cl.NC1(CNC(=O)Cn2cnnn2)CCC1. The molecular formula is C8H15ClN6O. The van der Waals surface area contributed by atoms with Gasteiger partial charge in [-0.3, -0.25) is 4.79 Å². The molecule has 1 aromatic heterocycles. The lowest BCUT2D eigenvalue weighted by molar-refractivity contribution is -0.122. The Labute approximate surface area is 99.2 Å². The molecule has 0 bridgehead atoms. The number of halogens is 1. The van der Waals surface area contributed by atoms with Gasteiger partial charge >= 0.3 is 0 Å². The van der Waals surface area contributed by atoms with Gasteiger partial charge in [-0.1, -0.05) is 0 Å². The summed E-state index contributed by atoms with van der Waals surface area (Å²) in [5, 5.41) is 13.3. The number of carbonyl (C=O) groups is 1. The molecule has 0 atom stereocenters. The zero-order valence-electron chi connectivity index (χ0n) is 8.80. The van der Waals surface area contributed by atoms with Crippen LogP contribution in [0.15, 0.2) is 6.33 Å². The standard InChI is InChI=1S/C8H14N6O.ClH/c9-8(2-1-3-8)5-10-7(15)4-14-6-11-12-13-14;/h6H,1-5,9H2,(H,10,15);1H. The average Bonchev–Trinajstić information content (AvgIpc) is 2.64. The summed E-state index contributed by atoms with van der Waals surface area (Å²) in [6.07, 6.45) is 4.52. The maximum Gasteiger partial charge on any atom is 0.241 e. The van der Waals surface area contributed by atoms with E-state index in [1.165, 1.54) is 11.0 Å². The third-order valence-electron chi connectivity index (χ3n) is 2.68. The highest BCUT2D eigenvalue weighted by molar-refractivity contribution is 5.85. The number of hydrogen-bond donors (Lipinski definition) is 2. The average molecular weight is 247 g/mol. The number of nitrogens with two attached hydrogens (primary N) is 1. The van der Waals surface area contributed by atoms with Crippen molar-refractivity contribution in [1.82, 2.24) is 25.5 Å². The molecule has 1 aromatic rings. The van der Waals surface area contributed by atoms with E-state index in [1.54, 1.807) is 0 Å². The minimum atomic E-state index is -0.184. The van der Waals surface area contributed by atoms with Crippen LogP contribution in [0.1, 0.15) is 19.3 Å². The molecule has 0 saturated heterocycles. The second kappa shape index (κ2) is 5.22. The van der Waals surface area contributed by atoms with Crippen LogP contribution >= 0.6 is 12.4 Å². The van der Waals surface area contributed by atoms with Crippen LogP contribution in [-0.2, 0) is 11.3 Å². The molecule has 3 N–H and O–H groups in total. The van der Waals surface area contributed by atoms with Crippen molar-refractivity contribution in [2.24, 2.45) is 5.73 Å². The normalized spacial score (nSPS) is 17.1. The molecule has 1 fully saturated rings. The third kappa shape index (κ3) is 3.14. The van der Waals surface area contributed by atoms with Gasteiger partial charge in [0, 0.05) is 12.1 Å². The van der Waals surface area contributed by atoms with Gasteiger partial charge in [-0.15, -0.1) is 17.5 Å². The minimum Gasteiger partial charge on any atom is -0.353 e. The first kappa shape index (κ1) is 12.9. The van der Waals surface area contributed by atoms with E-state index in [2.05, 4.69) is 20.8 Å². The lowest BCUT2D eigenvalue weighted by Crippen LogP contribution is -2.55. The smallest absolute Gasteiger partial charge is 0.241 e. The monoisotopic (exact) mass is 246 g/mol. The molecule has 0 radical (unpaired) electrons. The first-order chi connectivity index (χ1) is 7.18. The zero-order chi connectivity index (χ0) is 10.7. The maximum absolute atomic E-state index is 11.4. The summed E-state index contributed by atoms with van der Waals surface area (Å²) in [6.45, 7) is 0.678. The summed E-state index contributed by atoms with van der Waals surface area (Å²) in [4.78, 5) is 11.4. The van der Waals surface area contributed by atoms with Crippen molar-refractivity contribution >= 4 is 18.3 Å². The van der Waals surface area contributed by atoms with E-state index >= 15 is 0 Å². The van der Waals surface area contributed by atoms with Crippen LogP contribution in [0.2, 0.25) is 0 Å². The first-order valence-electron chi connectivity index (χ1n) is 4.94. The van der Waals surface area contributed by atoms with E-state index in [4.69, 9.17) is 5.73 Å². The summed E-state index contributed by atoms with van der Waals surface area (Å²) in [5.41, 5.74) is 5.78. The molecular weight excluding hydrogens is 232 g/mol. The molecule has 1 amide bonds. The Balaban J connectivity index is 0.00000128. The summed E-state index contributed by atoms with van der Waals surface area (Å²) >= 11 is 0. The number of nitrogens with zero attached hydrogens (tertiary/aromatic N) is 4. The van der Waals surface area contributed by atoms with Crippen molar-refractivity contribution < 1.29 is 4.79 Å². The minimum absolute atomic E-state index is 0. The molecule has 1 heterocycles. The number of carbonyl (C=O) groups excluding carboxylic acids is 1. The van der Waals surface area contributed by atoms with Gasteiger partial charge < -0.3 is 11.1 Å². The van der Waals surface area contributed by atoms with Crippen molar-refractivity contribution in [2.45, 2.75) is 31.3 Å². The Kier molecular flexibility index (Phi) is 4.19. The quantitative estimate of drug-likeness (QED) is 0.717. The number of aromatic nitrogens is 4. The van der Waals surface area contributed by atoms with Crippen LogP contribution in [-0.4, -0.2) is 38.2 Å². The van der Waals surface area contributed by atoms with Gasteiger partial charge in [-0.25, -0.2) is 4.68 Å². The van der Waals surface area contributed by atoms with Crippen LogP contribution in [0.3, 0.4) is 0 Å². The molecule has 0 aromatic carbocycles. The number of rotatable bonds is 4. The van der Waals surface area contributed by atoms with Gasteiger partial charge in [0.15, 0.2) is 0 Å². The third-order valence-corrected chi connectivity index (χ3v) is 2.68. The van der Waals surface area contributed by atoms with Gasteiger partial charge in [0.05, 0.1) is 0 Å². The van der Waals surface area contributed by atoms with Crippen molar-refractivity contribution in [1.29, 1.82) is 0 Å². The van der Waals surface area contributed by atoms with Gasteiger partial charge in [0.2, 0.25) is 5.91 Å². The van der Waals surface area contributed by atoms with E-state index in [9.17, 15) is 4.79 Å². The predicted molar refractivity (Wildman–Crippen MR) is 58.8 cm³/mol. The summed E-state index contributed by atoms with van der Waals surface area (Å²) in [5.74, 6) is -0.112. The van der Waals surface area contributed by atoms with E-state index in [-0.39, 0.29) is 30.4 Å². The van der Waals surface area contributed by atoms with E-state index < -0.39 is 0 Å². The Bertz CT molecular complexity index is 336. The highest BCUT2D eigenvalue weighted by atomic mass is 35.5. The fourth-order valence-electron chi connectivity index (χ4n) is 1.54. The molecule has 2 rings (SSSR count). The topological polar surface area (TPSA) is 98.7 Å². The van der Waals surface area contributed by atoms with E-state index in [0.29, 0.717) is 6.54 Å². The number of hydrogen-bond acceptors (Lipinski definition) is 5. The largest absolute Gasteiger partial charge is 0.353 e. The van der Waals surface area contributed by atoms with Crippen LogP contribution in [0.5, 0.6) is 0 Å².